The van der Waals surface area contributed by atoms with E-state index in [1.807, 2.05) is 30.3 Å². The summed E-state index contributed by atoms with van der Waals surface area (Å²) < 4.78 is 13.6. The van der Waals surface area contributed by atoms with Crippen LogP contribution in [0, 0.1) is 0 Å². The van der Waals surface area contributed by atoms with Crippen LogP contribution < -0.4 is 9.47 Å². The van der Waals surface area contributed by atoms with Crippen molar-refractivity contribution in [3.8, 4) is 11.5 Å². The highest BCUT2D eigenvalue weighted by Gasteiger charge is 2.31. The molecule has 1 aliphatic rings. The van der Waals surface area contributed by atoms with Gasteiger partial charge in [0.2, 0.25) is 0 Å². The van der Waals surface area contributed by atoms with Gasteiger partial charge in [0, 0.05) is 17.4 Å². The molecule has 0 aromatic heterocycles. The minimum absolute atomic E-state index is 0.0123. The van der Waals surface area contributed by atoms with Gasteiger partial charge in [-0.25, -0.2) is 0 Å². The highest BCUT2D eigenvalue weighted by atomic mass is 79.9. The van der Waals surface area contributed by atoms with Crippen molar-refractivity contribution in [1.29, 1.82) is 0 Å². The number of nitrogens with zero attached hydrogens (tertiary/aromatic N) is 1. The summed E-state index contributed by atoms with van der Waals surface area (Å²) in [4.78, 5) is 25.4. The summed E-state index contributed by atoms with van der Waals surface area (Å²) in [5, 5.41) is 8.80. The van der Waals surface area contributed by atoms with Crippen molar-refractivity contribution >= 4 is 78.1 Å². The smallest absolute Gasteiger partial charge is 0.303 e. The van der Waals surface area contributed by atoms with Crippen LogP contribution in [0.1, 0.15) is 24.0 Å². The van der Waals surface area contributed by atoms with Crippen molar-refractivity contribution in [3.63, 3.8) is 0 Å². The number of carboxylic acids is 1. The maximum Gasteiger partial charge on any atom is 0.303 e. The average Bonchev–Trinajstić information content (AvgIpc) is 2.99. The largest absolute Gasteiger partial charge is 0.493 e. The van der Waals surface area contributed by atoms with Crippen LogP contribution in [-0.4, -0.2) is 39.9 Å². The van der Waals surface area contributed by atoms with Crippen molar-refractivity contribution in [1.82, 2.24) is 4.90 Å². The van der Waals surface area contributed by atoms with Crippen LogP contribution in [0.15, 0.2) is 50.2 Å². The monoisotopic (exact) mass is 599 g/mol. The fraction of sp³-hybridized carbons (Fsp3) is 0.227. The highest BCUT2D eigenvalue weighted by Crippen LogP contribution is 2.39. The van der Waals surface area contributed by atoms with Gasteiger partial charge in [0.25, 0.3) is 5.91 Å². The van der Waals surface area contributed by atoms with Crippen LogP contribution in [0.4, 0.5) is 0 Å². The van der Waals surface area contributed by atoms with E-state index in [1.54, 1.807) is 19.3 Å². The molecule has 168 valence electrons. The normalized spacial score (nSPS) is 14.8. The van der Waals surface area contributed by atoms with Gasteiger partial charge in [-0.1, -0.05) is 52.0 Å². The van der Waals surface area contributed by atoms with Crippen molar-refractivity contribution in [2.45, 2.75) is 19.4 Å². The molecule has 3 rings (SSSR count). The second-order valence-corrected chi connectivity index (χ2v) is 10.2. The van der Waals surface area contributed by atoms with E-state index in [4.69, 9.17) is 26.8 Å². The number of hydrogen-bond acceptors (Lipinski definition) is 6. The number of halogens is 2. The molecule has 0 spiro atoms. The SMILES string of the molecule is COc1cc(/C=C2/SC(=S)N(CCCC(=O)O)C2=O)cc(Br)c1OCc1cccc(Br)c1. The molecule has 0 aliphatic carbocycles. The number of aliphatic carboxylic acids is 1. The Kier molecular flexibility index (Phi) is 8.75. The quantitative estimate of drug-likeness (QED) is 0.285. The van der Waals surface area contributed by atoms with E-state index in [0.29, 0.717) is 38.2 Å². The Hall–Kier alpha value is -1.88. The molecular weight excluding hydrogens is 582 g/mol. The molecule has 1 N–H and O–H groups in total. The molecule has 2 aromatic rings. The molecule has 1 heterocycles. The summed E-state index contributed by atoms with van der Waals surface area (Å²) in [6.07, 6.45) is 2.07. The molecule has 0 radical (unpaired) electrons. The van der Waals surface area contributed by atoms with E-state index in [0.717, 1.165) is 15.6 Å². The summed E-state index contributed by atoms with van der Waals surface area (Å²) >= 11 is 13.5. The molecule has 0 atom stereocenters. The minimum atomic E-state index is -0.898. The van der Waals surface area contributed by atoms with Crippen LogP contribution >= 0.6 is 55.8 Å². The average molecular weight is 601 g/mol. The Morgan fingerprint density at radius 1 is 1.28 bits per heavy atom. The second-order valence-electron chi connectivity index (χ2n) is 6.78. The standard InChI is InChI=1S/C22H19Br2NO5S2/c1-29-17-10-14(9-16(24)20(17)30-12-13-4-2-5-15(23)8-13)11-18-21(28)25(22(31)32-18)7-3-6-19(26)27/h2,4-5,8-11H,3,6-7,12H2,1H3,(H,26,27)/b18-11+. The van der Waals surface area contributed by atoms with Gasteiger partial charge in [-0.3, -0.25) is 14.5 Å². The molecule has 6 nitrogen and oxygen atoms in total. The minimum Gasteiger partial charge on any atom is -0.493 e. The van der Waals surface area contributed by atoms with Gasteiger partial charge in [-0.05, 0) is 63.8 Å². The number of amides is 1. The van der Waals surface area contributed by atoms with E-state index >= 15 is 0 Å². The Morgan fingerprint density at radius 2 is 2.06 bits per heavy atom. The fourth-order valence-electron chi connectivity index (χ4n) is 2.98. The number of carbonyl (C=O) groups excluding carboxylic acids is 1. The third-order valence-corrected chi connectivity index (χ3v) is 6.93. The zero-order valence-corrected chi connectivity index (χ0v) is 21.8. The van der Waals surface area contributed by atoms with E-state index in [1.165, 1.54) is 16.7 Å². The number of thiocarbonyl (C=S) groups is 1. The summed E-state index contributed by atoms with van der Waals surface area (Å²) in [6, 6.07) is 11.5. The molecule has 1 aliphatic heterocycles. The van der Waals surface area contributed by atoms with Crippen molar-refractivity contribution in [3.05, 3.63) is 61.4 Å². The molecule has 1 amide bonds. The van der Waals surface area contributed by atoms with Crippen LogP contribution in [0.2, 0.25) is 0 Å². The summed E-state index contributed by atoms with van der Waals surface area (Å²) in [5.41, 5.74) is 1.75. The van der Waals surface area contributed by atoms with E-state index in [2.05, 4.69) is 31.9 Å². The van der Waals surface area contributed by atoms with Crippen molar-refractivity contribution in [2.24, 2.45) is 0 Å². The molecule has 1 saturated heterocycles. The van der Waals surface area contributed by atoms with E-state index < -0.39 is 5.97 Å². The molecule has 0 saturated carbocycles. The molecular formula is C22H19Br2NO5S2. The first-order valence-corrected chi connectivity index (χ1v) is 12.3. The van der Waals surface area contributed by atoms with E-state index in [9.17, 15) is 9.59 Å². The van der Waals surface area contributed by atoms with Gasteiger partial charge in [-0.15, -0.1) is 0 Å². The second kappa shape index (κ2) is 11.3. The lowest BCUT2D eigenvalue weighted by molar-refractivity contribution is -0.137. The van der Waals surface area contributed by atoms with Crippen LogP contribution in [0.3, 0.4) is 0 Å². The van der Waals surface area contributed by atoms with Crippen LogP contribution in [-0.2, 0) is 16.2 Å². The Bertz CT molecular complexity index is 1090. The number of hydrogen-bond donors (Lipinski definition) is 1. The zero-order valence-electron chi connectivity index (χ0n) is 17.0. The lowest BCUT2D eigenvalue weighted by Crippen LogP contribution is -2.29. The van der Waals surface area contributed by atoms with Crippen LogP contribution in [0.5, 0.6) is 11.5 Å². The number of benzene rings is 2. The number of methoxy groups -OCH3 is 1. The molecule has 1 fully saturated rings. The fourth-order valence-corrected chi connectivity index (χ4v) is 5.31. The predicted octanol–water partition coefficient (Wildman–Crippen LogP) is 5.87. The maximum atomic E-state index is 12.7. The van der Waals surface area contributed by atoms with Gasteiger partial charge >= 0.3 is 5.97 Å². The number of rotatable bonds is 9. The van der Waals surface area contributed by atoms with E-state index in [-0.39, 0.29) is 18.9 Å². The Labute approximate surface area is 212 Å². The number of ether oxygens (including phenoxy) is 2. The first-order chi connectivity index (χ1) is 15.3. The Balaban J connectivity index is 1.76. The van der Waals surface area contributed by atoms with Gasteiger partial charge in [0.15, 0.2) is 11.5 Å². The van der Waals surface area contributed by atoms with Crippen molar-refractivity contribution < 1.29 is 24.2 Å². The summed E-state index contributed by atoms with van der Waals surface area (Å²) in [6.45, 7) is 0.645. The first kappa shape index (κ1) is 24.8. The molecule has 10 heteroatoms. The maximum absolute atomic E-state index is 12.7. The number of thioether (sulfide) groups is 1. The summed E-state index contributed by atoms with van der Waals surface area (Å²) in [5.74, 6) is -0.0380. The topological polar surface area (TPSA) is 76.1 Å². The third kappa shape index (κ3) is 6.34. The molecule has 0 bridgehead atoms. The molecule has 2 aromatic carbocycles. The zero-order chi connectivity index (χ0) is 23.3. The predicted molar refractivity (Wildman–Crippen MR) is 136 cm³/mol. The lowest BCUT2D eigenvalue weighted by Gasteiger charge is -2.14. The third-order valence-electron chi connectivity index (χ3n) is 4.47. The summed E-state index contributed by atoms with van der Waals surface area (Å²) in [7, 11) is 1.56. The first-order valence-electron chi connectivity index (χ1n) is 9.50. The lowest BCUT2D eigenvalue weighted by atomic mass is 10.1. The van der Waals surface area contributed by atoms with Gasteiger partial charge in [-0.2, -0.15) is 0 Å². The number of carboxylic acid groups (broad SMARTS) is 1. The van der Waals surface area contributed by atoms with Crippen LogP contribution in [0.25, 0.3) is 6.08 Å². The van der Waals surface area contributed by atoms with Gasteiger partial charge in [0.05, 0.1) is 16.5 Å². The highest BCUT2D eigenvalue weighted by molar-refractivity contribution is 9.10. The van der Waals surface area contributed by atoms with Gasteiger partial charge < -0.3 is 14.6 Å². The van der Waals surface area contributed by atoms with Crippen molar-refractivity contribution in [2.75, 3.05) is 13.7 Å². The number of carbonyl (C=O) groups is 2. The Morgan fingerprint density at radius 3 is 2.75 bits per heavy atom. The molecule has 32 heavy (non-hydrogen) atoms. The van der Waals surface area contributed by atoms with Gasteiger partial charge in [0.1, 0.15) is 10.9 Å². The molecule has 0 unspecified atom stereocenters.